The molecule has 1 aliphatic rings. The van der Waals surface area contributed by atoms with Crippen molar-refractivity contribution in [2.45, 2.75) is 31.6 Å². The number of Topliss-reactive ketones (excluding diaryl/α,β-unsaturated/α-hetero) is 1. The number of rotatable bonds is 4. The summed E-state index contributed by atoms with van der Waals surface area (Å²) in [7, 11) is 0. The van der Waals surface area contributed by atoms with Gasteiger partial charge in [0.1, 0.15) is 5.78 Å². The molecule has 3 rings (SSSR count). The molecule has 1 saturated heterocycles. The van der Waals surface area contributed by atoms with Crippen molar-refractivity contribution in [2.75, 3.05) is 13.1 Å². The maximum absolute atomic E-state index is 12.9. The van der Waals surface area contributed by atoms with Gasteiger partial charge in [-0.2, -0.15) is 5.26 Å². The highest BCUT2D eigenvalue weighted by atomic mass is 32.1. The van der Waals surface area contributed by atoms with Crippen LogP contribution < -0.4 is 0 Å². The van der Waals surface area contributed by atoms with Crippen molar-refractivity contribution in [3.8, 4) is 16.6 Å². The van der Waals surface area contributed by atoms with Crippen LogP contribution in [0.15, 0.2) is 41.8 Å². The van der Waals surface area contributed by atoms with E-state index in [9.17, 15) is 4.79 Å². The van der Waals surface area contributed by atoms with E-state index in [0.717, 1.165) is 18.4 Å². The molecule has 0 saturated carbocycles. The molecule has 1 aliphatic heterocycles. The topological polar surface area (TPSA) is 44.1 Å². The number of nitrogens with zero attached hydrogens (tertiary/aromatic N) is 2. The fraction of sp³-hybridized carbons (Fsp3) is 0.368. The van der Waals surface area contributed by atoms with Gasteiger partial charge in [0.15, 0.2) is 6.19 Å². The summed E-state index contributed by atoms with van der Waals surface area (Å²) in [5.41, 5.74) is 1.88. The van der Waals surface area contributed by atoms with Crippen LogP contribution in [0.5, 0.6) is 0 Å². The Morgan fingerprint density at radius 2 is 1.96 bits per heavy atom. The van der Waals surface area contributed by atoms with Crippen molar-refractivity contribution in [3.63, 3.8) is 0 Å². The first kappa shape index (κ1) is 15.8. The fourth-order valence-electron chi connectivity index (χ4n) is 3.52. The van der Waals surface area contributed by atoms with Crippen molar-refractivity contribution in [1.82, 2.24) is 4.90 Å². The zero-order valence-electron chi connectivity index (χ0n) is 13.3. The molecule has 0 N–H and O–H groups in total. The minimum Gasteiger partial charge on any atom is -0.311 e. The minimum absolute atomic E-state index is 0.297. The highest BCUT2D eigenvalue weighted by Gasteiger charge is 2.43. The Kier molecular flexibility index (Phi) is 4.49. The Hall–Kier alpha value is -2.12. The van der Waals surface area contributed by atoms with Crippen molar-refractivity contribution in [1.29, 1.82) is 5.26 Å². The third kappa shape index (κ3) is 2.77. The van der Waals surface area contributed by atoms with Gasteiger partial charge in [-0.15, -0.1) is 11.3 Å². The van der Waals surface area contributed by atoms with Gasteiger partial charge in [0, 0.05) is 24.4 Å². The van der Waals surface area contributed by atoms with Crippen LogP contribution in [0.25, 0.3) is 10.4 Å². The number of hydrogen-bond acceptors (Lipinski definition) is 4. The van der Waals surface area contributed by atoms with Crippen LogP contribution in [-0.4, -0.2) is 23.8 Å². The van der Waals surface area contributed by atoms with E-state index in [0.29, 0.717) is 25.3 Å². The SMILES string of the molecule is CCC(=O)C1(c2ccsc2-c2ccccc2)CCN(C#N)CC1. The van der Waals surface area contributed by atoms with Gasteiger partial charge in [0.05, 0.1) is 5.41 Å². The number of ketones is 1. The zero-order chi connectivity index (χ0) is 16.3. The largest absolute Gasteiger partial charge is 0.311 e. The van der Waals surface area contributed by atoms with E-state index < -0.39 is 5.41 Å². The lowest BCUT2D eigenvalue weighted by atomic mass is 9.68. The van der Waals surface area contributed by atoms with E-state index in [-0.39, 0.29) is 0 Å². The van der Waals surface area contributed by atoms with E-state index >= 15 is 0 Å². The molecule has 3 nitrogen and oxygen atoms in total. The van der Waals surface area contributed by atoms with Gasteiger partial charge in [-0.25, -0.2) is 0 Å². The molecule has 0 atom stereocenters. The monoisotopic (exact) mass is 324 g/mol. The molecule has 0 aliphatic carbocycles. The fourth-order valence-corrected chi connectivity index (χ4v) is 4.53. The molecular formula is C19H20N2OS. The van der Waals surface area contributed by atoms with Crippen LogP contribution in [0.4, 0.5) is 0 Å². The molecule has 1 aromatic carbocycles. The van der Waals surface area contributed by atoms with E-state index in [1.165, 1.54) is 10.4 Å². The van der Waals surface area contributed by atoms with Crippen LogP contribution in [0.2, 0.25) is 0 Å². The normalized spacial score (nSPS) is 16.8. The second-order valence-electron chi connectivity index (χ2n) is 5.98. The van der Waals surface area contributed by atoms with Gasteiger partial charge in [0.25, 0.3) is 0 Å². The predicted molar refractivity (Wildman–Crippen MR) is 93.2 cm³/mol. The summed E-state index contributed by atoms with van der Waals surface area (Å²) in [6.45, 7) is 3.26. The van der Waals surface area contributed by atoms with Crippen LogP contribution in [0, 0.1) is 11.5 Å². The molecule has 1 aromatic heterocycles. The molecule has 2 aromatic rings. The van der Waals surface area contributed by atoms with Gasteiger partial charge in [0.2, 0.25) is 0 Å². The second-order valence-corrected chi connectivity index (χ2v) is 6.89. The third-order valence-corrected chi connectivity index (χ3v) is 5.79. The molecule has 0 amide bonds. The van der Waals surface area contributed by atoms with Crippen molar-refractivity contribution < 1.29 is 4.79 Å². The van der Waals surface area contributed by atoms with Crippen LogP contribution >= 0.6 is 11.3 Å². The summed E-state index contributed by atoms with van der Waals surface area (Å²) in [4.78, 5) is 15.8. The van der Waals surface area contributed by atoms with E-state index in [1.54, 1.807) is 16.2 Å². The first-order chi connectivity index (χ1) is 11.2. The van der Waals surface area contributed by atoms with Crippen molar-refractivity contribution in [2.24, 2.45) is 0 Å². The van der Waals surface area contributed by atoms with Gasteiger partial charge in [-0.05, 0) is 35.4 Å². The first-order valence-electron chi connectivity index (χ1n) is 8.02. The lowest BCUT2D eigenvalue weighted by Gasteiger charge is -2.39. The average molecular weight is 324 g/mol. The maximum atomic E-state index is 12.9. The molecular weight excluding hydrogens is 304 g/mol. The molecule has 4 heteroatoms. The lowest BCUT2D eigenvalue weighted by Crippen LogP contribution is -2.45. The van der Waals surface area contributed by atoms with Crippen molar-refractivity contribution in [3.05, 3.63) is 47.3 Å². The Morgan fingerprint density at radius 3 is 2.57 bits per heavy atom. The maximum Gasteiger partial charge on any atom is 0.179 e. The molecule has 0 radical (unpaired) electrons. The average Bonchev–Trinajstić information content (AvgIpc) is 3.12. The second kappa shape index (κ2) is 6.55. The predicted octanol–water partition coefficient (Wildman–Crippen LogP) is 4.21. The molecule has 2 heterocycles. The van der Waals surface area contributed by atoms with Crippen LogP contribution in [0.1, 0.15) is 31.7 Å². The Labute approximate surface area is 141 Å². The highest BCUT2D eigenvalue weighted by Crippen LogP contribution is 2.44. The van der Waals surface area contributed by atoms with Gasteiger partial charge in [-0.1, -0.05) is 37.3 Å². The number of nitriles is 1. The summed E-state index contributed by atoms with van der Waals surface area (Å²) in [6, 6.07) is 12.4. The lowest BCUT2D eigenvalue weighted by molar-refractivity contribution is -0.125. The number of benzene rings is 1. The molecule has 0 unspecified atom stereocenters. The standard InChI is InChI=1S/C19H20N2OS/c1-2-17(22)19(9-11-21(14-20)12-10-19)16-8-13-23-18(16)15-6-4-3-5-7-15/h3-8,13H,2,9-12H2,1H3. The smallest absolute Gasteiger partial charge is 0.179 e. The number of thiophene rings is 1. The van der Waals surface area contributed by atoms with Crippen LogP contribution in [-0.2, 0) is 10.2 Å². The van der Waals surface area contributed by atoms with E-state index in [4.69, 9.17) is 5.26 Å². The van der Waals surface area contributed by atoms with Gasteiger partial charge < -0.3 is 4.90 Å². The van der Waals surface area contributed by atoms with Crippen molar-refractivity contribution >= 4 is 17.1 Å². The minimum atomic E-state index is -0.437. The number of piperidine rings is 1. The number of hydrogen-bond donors (Lipinski definition) is 0. The quantitative estimate of drug-likeness (QED) is 0.791. The Morgan fingerprint density at radius 1 is 1.26 bits per heavy atom. The summed E-state index contributed by atoms with van der Waals surface area (Å²) in [5.74, 6) is 0.297. The Balaban J connectivity index is 2.05. The van der Waals surface area contributed by atoms with Crippen LogP contribution in [0.3, 0.4) is 0 Å². The summed E-state index contributed by atoms with van der Waals surface area (Å²) < 4.78 is 0. The molecule has 118 valence electrons. The molecule has 0 bridgehead atoms. The highest BCUT2D eigenvalue weighted by molar-refractivity contribution is 7.13. The summed E-state index contributed by atoms with van der Waals surface area (Å²) >= 11 is 1.70. The molecule has 0 spiro atoms. The molecule has 23 heavy (non-hydrogen) atoms. The first-order valence-corrected chi connectivity index (χ1v) is 8.90. The summed E-state index contributed by atoms with van der Waals surface area (Å²) in [5, 5.41) is 11.2. The van der Waals surface area contributed by atoms with Gasteiger partial charge in [-0.3, -0.25) is 4.79 Å². The van der Waals surface area contributed by atoms with E-state index in [1.807, 2.05) is 25.1 Å². The van der Waals surface area contributed by atoms with E-state index in [2.05, 4.69) is 29.8 Å². The Bertz CT molecular complexity index is 721. The number of carbonyl (C=O) groups excluding carboxylic acids is 1. The number of likely N-dealkylation sites (tertiary alicyclic amines) is 1. The van der Waals surface area contributed by atoms with Gasteiger partial charge >= 0.3 is 0 Å². The summed E-state index contributed by atoms with van der Waals surface area (Å²) in [6.07, 6.45) is 4.21. The zero-order valence-corrected chi connectivity index (χ0v) is 14.1. The number of carbonyl (C=O) groups is 1. The third-order valence-electron chi connectivity index (χ3n) is 4.83. The molecule has 1 fully saturated rings.